The molecule has 0 saturated heterocycles. The normalized spacial score (nSPS) is 20.8. The van der Waals surface area contributed by atoms with Crippen LogP contribution in [0.25, 0.3) is 11.1 Å². The minimum Gasteiger partial charge on any atom is -0.301 e. The lowest BCUT2D eigenvalue weighted by molar-refractivity contribution is 0.565. The Hall–Kier alpha value is -2.93. The molecule has 1 heteroatoms. The Morgan fingerprint density at radius 2 is 1.86 bits per heavy atom. The molecule has 3 aliphatic carbocycles. The van der Waals surface area contributed by atoms with Crippen LogP contribution in [0.1, 0.15) is 78.1 Å². The second-order valence-corrected chi connectivity index (χ2v) is 10.1. The summed E-state index contributed by atoms with van der Waals surface area (Å²) in [7, 11) is 0. The smallest absolute Gasteiger partial charge is 0.0578 e. The zero-order chi connectivity index (χ0) is 24.6. The van der Waals surface area contributed by atoms with Crippen LogP contribution < -0.4 is 10.4 Å². The van der Waals surface area contributed by atoms with Crippen LogP contribution in [0.2, 0.25) is 0 Å². The number of benzene rings is 1. The van der Waals surface area contributed by atoms with E-state index < -0.39 is 0 Å². The van der Waals surface area contributed by atoms with Crippen molar-refractivity contribution < 1.29 is 0 Å². The Balaban J connectivity index is 1.55. The fourth-order valence-electron chi connectivity index (χ4n) is 6.00. The van der Waals surface area contributed by atoms with Gasteiger partial charge in [0.25, 0.3) is 0 Å². The van der Waals surface area contributed by atoms with Crippen LogP contribution in [0.5, 0.6) is 0 Å². The summed E-state index contributed by atoms with van der Waals surface area (Å²) in [5, 5.41) is 11.2. The molecule has 0 spiro atoms. The molecule has 0 aromatic heterocycles. The van der Waals surface area contributed by atoms with Gasteiger partial charge < -0.3 is 5.41 Å². The van der Waals surface area contributed by atoms with Gasteiger partial charge in [-0.25, -0.2) is 0 Å². The highest BCUT2D eigenvalue weighted by molar-refractivity contribution is 6.23. The largest absolute Gasteiger partial charge is 0.301 e. The van der Waals surface area contributed by atoms with E-state index >= 15 is 0 Å². The van der Waals surface area contributed by atoms with E-state index in [1.165, 1.54) is 61.0 Å². The third-order valence-corrected chi connectivity index (χ3v) is 7.99. The van der Waals surface area contributed by atoms with Gasteiger partial charge in [0.1, 0.15) is 0 Å². The molecule has 1 nitrogen and oxygen atoms in total. The molecule has 4 rings (SSSR count). The Morgan fingerprint density at radius 1 is 1.03 bits per heavy atom. The van der Waals surface area contributed by atoms with Gasteiger partial charge in [-0.1, -0.05) is 86.2 Å². The average Bonchev–Trinajstić information content (AvgIpc) is 2.92. The molecule has 0 bridgehead atoms. The Bertz CT molecular complexity index is 1240. The molecule has 182 valence electrons. The first kappa shape index (κ1) is 25.2. The number of unbranched alkanes of at least 4 members (excludes halogenated alkanes) is 1. The molecular formula is C34H41N. The molecule has 0 saturated carbocycles. The summed E-state index contributed by atoms with van der Waals surface area (Å²) in [6.45, 7) is 8.22. The zero-order valence-corrected chi connectivity index (χ0v) is 21.7. The summed E-state index contributed by atoms with van der Waals surface area (Å²) in [5.41, 5.74) is 9.64. The summed E-state index contributed by atoms with van der Waals surface area (Å²) >= 11 is 0. The number of rotatable bonds is 9. The molecule has 1 aromatic rings. The Morgan fingerprint density at radius 3 is 2.51 bits per heavy atom. The number of hydrogen-bond acceptors (Lipinski definition) is 1. The van der Waals surface area contributed by atoms with E-state index in [1.54, 1.807) is 33.9 Å². The van der Waals surface area contributed by atoms with Crippen molar-refractivity contribution in [3.05, 3.63) is 106 Å². The monoisotopic (exact) mass is 463 g/mol. The predicted octanol–water partition coefficient (Wildman–Crippen LogP) is 8.05. The molecule has 0 fully saturated rings. The van der Waals surface area contributed by atoms with E-state index in [9.17, 15) is 0 Å². The Kier molecular flexibility index (Phi) is 8.74. The van der Waals surface area contributed by atoms with Gasteiger partial charge >= 0.3 is 0 Å². The van der Waals surface area contributed by atoms with E-state index in [-0.39, 0.29) is 0 Å². The average molecular weight is 464 g/mol. The van der Waals surface area contributed by atoms with Crippen molar-refractivity contribution in [3.63, 3.8) is 0 Å². The van der Waals surface area contributed by atoms with Crippen molar-refractivity contribution in [2.75, 3.05) is 0 Å². The summed E-state index contributed by atoms with van der Waals surface area (Å²) in [6, 6.07) is 8.76. The number of nitrogens with one attached hydrogen (secondary N) is 1. The van der Waals surface area contributed by atoms with E-state index in [0.29, 0.717) is 11.6 Å². The minimum absolute atomic E-state index is 0.620. The fourth-order valence-corrected chi connectivity index (χ4v) is 6.00. The van der Waals surface area contributed by atoms with Crippen molar-refractivity contribution in [2.24, 2.45) is 5.92 Å². The lowest BCUT2D eigenvalue weighted by Gasteiger charge is -2.29. The van der Waals surface area contributed by atoms with Gasteiger partial charge in [-0.05, 0) is 115 Å². The molecule has 1 unspecified atom stereocenters. The van der Waals surface area contributed by atoms with Gasteiger partial charge in [-0.3, -0.25) is 0 Å². The maximum Gasteiger partial charge on any atom is 0.0578 e. The van der Waals surface area contributed by atoms with Crippen LogP contribution in [0, 0.1) is 11.3 Å². The topological polar surface area (TPSA) is 23.9 Å². The lowest BCUT2D eigenvalue weighted by atomic mass is 9.76. The quantitative estimate of drug-likeness (QED) is 0.283. The molecule has 1 atom stereocenters. The molecule has 1 aromatic carbocycles. The molecule has 0 amide bonds. The first-order valence-electron chi connectivity index (χ1n) is 13.6. The van der Waals surface area contributed by atoms with Gasteiger partial charge in [0.15, 0.2) is 0 Å². The van der Waals surface area contributed by atoms with Gasteiger partial charge in [-0.15, -0.1) is 0 Å². The first-order valence-corrected chi connectivity index (χ1v) is 13.6. The summed E-state index contributed by atoms with van der Waals surface area (Å²) in [4.78, 5) is 0. The van der Waals surface area contributed by atoms with Crippen molar-refractivity contribution in [1.82, 2.24) is 0 Å². The van der Waals surface area contributed by atoms with Gasteiger partial charge in [0, 0.05) is 0 Å². The van der Waals surface area contributed by atoms with E-state index in [0.717, 1.165) is 19.3 Å². The van der Waals surface area contributed by atoms with Crippen LogP contribution in [0.15, 0.2) is 95.7 Å². The van der Waals surface area contributed by atoms with Crippen LogP contribution >= 0.6 is 0 Å². The van der Waals surface area contributed by atoms with E-state index in [1.807, 2.05) is 12.2 Å². The van der Waals surface area contributed by atoms with E-state index in [2.05, 4.69) is 69.0 Å². The number of fused-ring (bicyclic) bond motifs is 1. The third-order valence-electron chi connectivity index (χ3n) is 7.99. The molecule has 35 heavy (non-hydrogen) atoms. The summed E-state index contributed by atoms with van der Waals surface area (Å²) in [5.74, 6) is 0.623. The summed E-state index contributed by atoms with van der Waals surface area (Å²) < 4.78 is 0. The van der Waals surface area contributed by atoms with Crippen molar-refractivity contribution >= 4 is 16.9 Å². The predicted molar refractivity (Wildman–Crippen MR) is 153 cm³/mol. The first-order chi connectivity index (χ1) is 17.2. The third kappa shape index (κ3) is 5.84. The second-order valence-electron chi connectivity index (χ2n) is 10.1. The minimum atomic E-state index is 0.620. The van der Waals surface area contributed by atoms with Crippen LogP contribution in [0.4, 0.5) is 0 Å². The van der Waals surface area contributed by atoms with Crippen molar-refractivity contribution in [2.45, 2.75) is 78.1 Å². The molecular weight excluding hydrogens is 422 g/mol. The maximum absolute atomic E-state index is 8.55. The van der Waals surface area contributed by atoms with Crippen LogP contribution in [0.3, 0.4) is 0 Å². The van der Waals surface area contributed by atoms with E-state index in [4.69, 9.17) is 5.41 Å². The Labute approximate surface area is 212 Å². The highest BCUT2D eigenvalue weighted by atomic mass is 14.4. The van der Waals surface area contributed by atoms with Gasteiger partial charge in [-0.2, -0.15) is 0 Å². The lowest BCUT2D eigenvalue weighted by Crippen LogP contribution is -2.36. The van der Waals surface area contributed by atoms with Crippen LogP contribution in [-0.2, 0) is 0 Å². The molecule has 0 aliphatic heterocycles. The number of allylic oxidation sites excluding steroid dienone is 11. The standard InChI is InChI=1S/C34H41N/c1-4-7-11-25(6-3)26-15-17-27(18-16-26)28-19-21-29(22-20-28)30-23-24-33(34(35)14-8-5-2)32-13-10-9-12-31(30)32/h5-6,8-10,12-15,17,19,29,35H,2,4,7,11,16,18,20-24H2,1,3H3/b14-8-,25-6+,35-34?. The van der Waals surface area contributed by atoms with Crippen molar-refractivity contribution in [3.8, 4) is 0 Å². The highest BCUT2D eigenvalue weighted by Gasteiger charge is 2.24. The highest BCUT2D eigenvalue weighted by Crippen LogP contribution is 2.38. The van der Waals surface area contributed by atoms with Gasteiger partial charge in [0.2, 0.25) is 0 Å². The molecule has 3 aliphatic rings. The van der Waals surface area contributed by atoms with Gasteiger partial charge in [0.05, 0.1) is 5.71 Å². The number of hydrogen-bond donors (Lipinski definition) is 1. The maximum atomic E-state index is 8.55. The van der Waals surface area contributed by atoms with Crippen molar-refractivity contribution in [1.29, 1.82) is 5.41 Å². The fraction of sp³-hybridized carbons (Fsp3) is 0.382. The SMILES string of the molecule is C=C/C=C\C(=N)C1=c2ccccc2=C(C2CC=C(C3=CC=C(/C(=C/C)CCCC)CC3)CC2)CC1. The summed E-state index contributed by atoms with van der Waals surface area (Å²) in [6.07, 6.45) is 26.9. The molecule has 0 radical (unpaired) electrons. The zero-order valence-electron chi connectivity index (χ0n) is 21.7. The van der Waals surface area contributed by atoms with Crippen LogP contribution in [-0.4, -0.2) is 5.71 Å². The molecule has 0 heterocycles. The second kappa shape index (κ2) is 12.2. The molecule has 1 N–H and O–H groups in total.